The number of amides is 1. The van der Waals surface area contributed by atoms with Crippen LogP contribution in [0.4, 0.5) is 5.69 Å². The molecule has 1 N–H and O–H groups in total. The number of halogens is 2. The molecule has 7 nitrogen and oxygen atoms in total. The van der Waals surface area contributed by atoms with Gasteiger partial charge >= 0.3 is 0 Å². The van der Waals surface area contributed by atoms with Gasteiger partial charge in [0.2, 0.25) is 0 Å². The molecule has 0 radical (unpaired) electrons. The number of nitrogens with one attached hydrogen (secondary N) is 1. The van der Waals surface area contributed by atoms with Gasteiger partial charge in [-0.25, -0.2) is 0 Å². The molecule has 26 heavy (non-hydrogen) atoms. The Morgan fingerprint density at radius 2 is 1.96 bits per heavy atom. The Bertz CT molecular complexity index is 814. The molecule has 0 saturated heterocycles. The van der Waals surface area contributed by atoms with Crippen molar-refractivity contribution in [1.29, 1.82) is 0 Å². The monoisotopic (exact) mass is 398 g/mol. The van der Waals surface area contributed by atoms with E-state index in [-0.39, 0.29) is 24.0 Å². The summed E-state index contributed by atoms with van der Waals surface area (Å²) >= 11 is 11.9. The topological polar surface area (TPSA) is 90.7 Å². The van der Waals surface area contributed by atoms with Crippen LogP contribution in [0.5, 0.6) is 11.5 Å². The highest BCUT2D eigenvalue weighted by molar-refractivity contribution is 6.35. The zero-order chi connectivity index (χ0) is 19.1. The first-order chi connectivity index (χ1) is 12.4. The van der Waals surface area contributed by atoms with Crippen molar-refractivity contribution in [3.8, 4) is 11.5 Å². The van der Waals surface area contributed by atoms with E-state index in [4.69, 9.17) is 32.7 Å². The van der Waals surface area contributed by atoms with Gasteiger partial charge in [0.05, 0.1) is 18.1 Å². The van der Waals surface area contributed by atoms with Crippen LogP contribution < -0.4 is 14.8 Å². The van der Waals surface area contributed by atoms with Gasteiger partial charge in [-0.15, -0.1) is 0 Å². The summed E-state index contributed by atoms with van der Waals surface area (Å²) < 4.78 is 10.4. The molecule has 1 amide bonds. The number of non-ortho nitro benzene ring substituents is 1. The van der Waals surface area contributed by atoms with E-state index in [9.17, 15) is 14.9 Å². The predicted molar refractivity (Wildman–Crippen MR) is 98.3 cm³/mol. The summed E-state index contributed by atoms with van der Waals surface area (Å²) in [6.07, 6.45) is 0.530. The zero-order valence-corrected chi connectivity index (χ0v) is 15.3. The van der Waals surface area contributed by atoms with Crippen LogP contribution in [0, 0.1) is 10.1 Å². The number of nitro groups is 1. The molecule has 0 bridgehead atoms. The molecule has 2 aromatic rings. The Morgan fingerprint density at radius 3 is 2.62 bits per heavy atom. The summed E-state index contributed by atoms with van der Waals surface area (Å²) in [7, 11) is 1.41. The molecule has 2 aromatic carbocycles. The molecule has 0 aromatic heterocycles. The zero-order valence-electron chi connectivity index (χ0n) is 13.8. The molecule has 0 unspecified atom stereocenters. The summed E-state index contributed by atoms with van der Waals surface area (Å²) in [6.45, 7) is 0.0570. The van der Waals surface area contributed by atoms with Gasteiger partial charge in [0, 0.05) is 22.7 Å². The number of hydrogen-bond acceptors (Lipinski definition) is 5. The number of nitro benzene ring substituents is 1. The van der Waals surface area contributed by atoms with Gasteiger partial charge in [-0.2, -0.15) is 0 Å². The molecule has 0 spiro atoms. The lowest BCUT2D eigenvalue weighted by atomic mass is 10.1. The van der Waals surface area contributed by atoms with Gasteiger partial charge in [0.15, 0.2) is 18.1 Å². The third kappa shape index (κ3) is 5.50. The van der Waals surface area contributed by atoms with Crippen molar-refractivity contribution in [1.82, 2.24) is 5.32 Å². The molecule has 0 aliphatic carbocycles. The summed E-state index contributed by atoms with van der Waals surface area (Å²) in [5.41, 5.74) is 0.705. The largest absolute Gasteiger partial charge is 0.493 e. The third-order valence-electron chi connectivity index (χ3n) is 3.45. The lowest BCUT2D eigenvalue weighted by molar-refractivity contribution is -0.385. The van der Waals surface area contributed by atoms with E-state index in [1.54, 1.807) is 18.2 Å². The van der Waals surface area contributed by atoms with E-state index in [0.29, 0.717) is 28.8 Å². The fourth-order valence-corrected chi connectivity index (χ4v) is 2.65. The van der Waals surface area contributed by atoms with Crippen LogP contribution in [0.3, 0.4) is 0 Å². The Hall–Kier alpha value is -2.51. The third-order valence-corrected chi connectivity index (χ3v) is 4.04. The molecule has 0 aliphatic rings. The van der Waals surface area contributed by atoms with Crippen molar-refractivity contribution >= 4 is 34.8 Å². The summed E-state index contributed by atoms with van der Waals surface area (Å²) in [5, 5.41) is 14.6. The van der Waals surface area contributed by atoms with E-state index < -0.39 is 4.92 Å². The first kappa shape index (κ1) is 19.8. The van der Waals surface area contributed by atoms with Crippen molar-refractivity contribution in [2.75, 3.05) is 20.3 Å². The van der Waals surface area contributed by atoms with Gasteiger partial charge in [-0.05, 0) is 30.2 Å². The summed E-state index contributed by atoms with van der Waals surface area (Å²) in [5.74, 6) is 0.0533. The first-order valence-corrected chi connectivity index (χ1v) is 8.32. The number of ether oxygens (including phenoxy) is 2. The number of carbonyl (C=O) groups is 1. The van der Waals surface area contributed by atoms with Crippen molar-refractivity contribution in [3.05, 3.63) is 62.1 Å². The van der Waals surface area contributed by atoms with Crippen LogP contribution >= 0.6 is 23.2 Å². The second kappa shape index (κ2) is 9.26. The average molecular weight is 399 g/mol. The minimum absolute atomic E-state index is 0.123. The van der Waals surface area contributed by atoms with E-state index in [2.05, 4.69) is 5.32 Å². The quantitative estimate of drug-likeness (QED) is 0.541. The minimum Gasteiger partial charge on any atom is -0.493 e. The highest BCUT2D eigenvalue weighted by atomic mass is 35.5. The Kier molecular flexibility index (Phi) is 7.06. The van der Waals surface area contributed by atoms with Gasteiger partial charge in [0.1, 0.15) is 0 Å². The molecule has 0 saturated carbocycles. The van der Waals surface area contributed by atoms with E-state index in [0.717, 1.165) is 5.56 Å². The smallest absolute Gasteiger partial charge is 0.273 e. The molecular weight excluding hydrogens is 383 g/mol. The van der Waals surface area contributed by atoms with Crippen molar-refractivity contribution in [2.24, 2.45) is 0 Å². The van der Waals surface area contributed by atoms with Crippen LogP contribution in [0.1, 0.15) is 5.56 Å². The van der Waals surface area contributed by atoms with E-state index >= 15 is 0 Å². The number of carbonyl (C=O) groups excluding carboxylic acids is 1. The molecule has 138 valence electrons. The highest BCUT2D eigenvalue weighted by Crippen LogP contribution is 2.31. The molecule has 0 aliphatic heterocycles. The van der Waals surface area contributed by atoms with Crippen LogP contribution in [-0.2, 0) is 11.2 Å². The van der Waals surface area contributed by atoms with Gasteiger partial charge < -0.3 is 14.8 Å². The Balaban J connectivity index is 1.86. The Morgan fingerprint density at radius 1 is 1.19 bits per heavy atom. The minimum atomic E-state index is -0.553. The number of methoxy groups -OCH3 is 1. The number of benzene rings is 2. The normalized spacial score (nSPS) is 10.3. The lowest BCUT2D eigenvalue weighted by Gasteiger charge is -2.11. The number of nitrogens with zero attached hydrogens (tertiary/aromatic N) is 1. The first-order valence-electron chi connectivity index (χ1n) is 7.56. The fraction of sp³-hybridized carbons (Fsp3) is 0.235. The van der Waals surface area contributed by atoms with Crippen LogP contribution in [0.15, 0.2) is 36.4 Å². The predicted octanol–water partition coefficient (Wildman–Crippen LogP) is 3.65. The van der Waals surface area contributed by atoms with Gasteiger partial charge in [0.25, 0.3) is 11.6 Å². The van der Waals surface area contributed by atoms with Crippen molar-refractivity contribution in [2.45, 2.75) is 6.42 Å². The lowest BCUT2D eigenvalue weighted by Crippen LogP contribution is -2.30. The molecule has 0 atom stereocenters. The summed E-state index contributed by atoms with van der Waals surface area (Å²) in [6, 6.07) is 9.07. The molecule has 2 rings (SSSR count). The van der Waals surface area contributed by atoms with Gasteiger partial charge in [-0.1, -0.05) is 29.3 Å². The van der Waals surface area contributed by atoms with Crippen molar-refractivity contribution < 1.29 is 19.2 Å². The number of hydrogen-bond donors (Lipinski definition) is 1. The SMILES string of the molecule is COc1ccc([N+](=O)[O-])cc1OCC(=O)NCCc1ccc(Cl)cc1Cl. The molecule has 0 heterocycles. The second-order valence-electron chi connectivity index (χ2n) is 5.22. The fourth-order valence-electron chi connectivity index (χ4n) is 2.15. The van der Waals surface area contributed by atoms with Crippen LogP contribution in [0.25, 0.3) is 0 Å². The van der Waals surface area contributed by atoms with E-state index in [1.165, 1.54) is 25.3 Å². The highest BCUT2D eigenvalue weighted by Gasteiger charge is 2.14. The maximum absolute atomic E-state index is 11.9. The summed E-state index contributed by atoms with van der Waals surface area (Å²) in [4.78, 5) is 22.2. The standard InChI is InChI=1S/C17H16Cl2N2O5/c1-25-15-5-4-13(21(23)24)9-16(15)26-10-17(22)20-7-6-11-2-3-12(18)8-14(11)19/h2-5,8-9H,6-7,10H2,1H3,(H,20,22). The molecular formula is C17H16Cl2N2O5. The average Bonchev–Trinajstić information content (AvgIpc) is 2.61. The van der Waals surface area contributed by atoms with Gasteiger partial charge in [-0.3, -0.25) is 14.9 Å². The maximum atomic E-state index is 11.9. The molecule has 0 fully saturated rings. The molecule has 9 heteroatoms. The second-order valence-corrected chi connectivity index (χ2v) is 6.06. The van der Waals surface area contributed by atoms with Crippen LogP contribution in [0.2, 0.25) is 10.0 Å². The Labute approximate surface area is 160 Å². The van der Waals surface area contributed by atoms with Crippen molar-refractivity contribution in [3.63, 3.8) is 0 Å². The maximum Gasteiger partial charge on any atom is 0.273 e. The van der Waals surface area contributed by atoms with E-state index in [1.807, 2.05) is 0 Å². The number of rotatable bonds is 8. The van der Waals surface area contributed by atoms with Crippen LogP contribution in [-0.4, -0.2) is 31.1 Å².